The first-order valence-corrected chi connectivity index (χ1v) is 7.13. The van der Waals surface area contributed by atoms with Gasteiger partial charge in [0.05, 0.1) is 0 Å². The Hall–Kier alpha value is -1.60. The third kappa shape index (κ3) is 3.45. The highest BCUT2D eigenvalue weighted by atomic mass is 15.2. The van der Waals surface area contributed by atoms with Gasteiger partial charge in [-0.05, 0) is 44.2 Å². The summed E-state index contributed by atoms with van der Waals surface area (Å²) in [6, 6.07) is 6.93. The van der Waals surface area contributed by atoms with Gasteiger partial charge in [-0.25, -0.2) is 4.98 Å². The molecule has 1 fully saturated rings. The van der Waals surface area contributed by atoms with Crippen LogP contribution in [0.3, 0.4) is 0 Å². The van der Waals surface area contributed by atoms with Crippen LogP contribution in [0.4, 0.5) is 5.69 Å². The van der Waals surface area contributed by atoms with Crippen molar-refractivity contribution in [2.75, 3.05) is 11.4 Å². The van der Waals surface area contributed by atoms with E-state index >= 15 is 0 Å². The molecule has 0 bridgehead atoms. The molecule has 1 saturated carbocycles. The number of nitrogens with zero attached hydrogens (tertiary/aromatic N) is 3. The van der Waals surface area contributed by atoms with Gasteiger partial charge in [-0.15, -0.1) is 0 Å². The summed E-state index contributed by atoms with van der Waals surface area (Å²) in [5.41, 5.74) is 7.59. The van der Waals surface area contributed by atoms with Crippen molar-refractivity contribution in [1.29, 1.82) is 5.26 Å². The summed E-state index contributed by atoms with van der Waals surface area (Å²) in [6.45, 7) is 3.21. The summed E-state index contributed by atoms with van der Waals surface area (Å²) in [5.74, 6) is 0. The number of nitrogens with two attached hydrogens (primary N) is 1. The maximum Gasteiger partial charge on any atom is 0.142 e. The minimum absolute atomic E-state index is 0.367. The normalized spacial score (nSPS) is 22.8. The average Bonchev–Trinajstić information content (AvgIpc) is 2.46. The molecule has 0 aromatic carbocycles. The zero-order valence-corrected chi connectivity index (χ0v) is 11.5. The molecular weight excluding hydrogens is 236 g/mol. The summed E-state index contributed by atoms with van der Waals surface area (Å²) in [5, 5.41) is 8.97. The maximum absolute atomic E-state index is 8.97. The Bertz CT molecular complexity index is 444. The van der Waals surface area contributed by atoms with E-state index in [0.29, 0.717) is 17.8 Å². The topological polar surface area (TPSA) is 65.9 Å². The van der Waals surface area contributed by atoms with E-state index in [1.807, 2.05) is 12.1 Å². The van der Waals surface area contributed by atoms with Gasteiger partial charge in [0.1, 0.15) is 11.8 Å². The first kappa shape index (κ1) is 13.8. The molecule has 0 spiro atoms. The molecule has 19 heavy (non-hydrogen) atoms. The van der Waals surface area contributed by atoms with Crippen LogP contribution in [-0.2, 0) is 0 Å². The summed E-state index contributed by atoms with van der Waals surface area (Å²) in [6.07, 6.45) is 7.32. The minimum atomic E-state index is 0.367. The second-order valence-electron chi connectivity index (χ2n) is 5.27. The Balaban J connectivity index is 2.17. The average molecular weight is 258 g/mol. The Morgan fingerprint density at radius 3 is 2.79 bits per heavy atom. The number of pyridine rings is 1. The quantitative estimate of drug-likeness (QED) is 0.900. The largest absolute Gasteiger partial charge is 0.368 e. The third-order valence-corrected chi connectivity index (χ3v) is 3.84. The van der Waals surface area contributed by atoms with Gasteiger partial charge in [-0.1, -0.05) is 6.92 Å². The Morgan fingerprint density at radius 2 is 2.16 bits per heavy atom. The Morgan fingerprint density at radius 1 is 1.42 bits per heavy atom. The van der Waals surface area contributed by atoms with Crippen LogP contribution in [0.15, 0.2) is 18.3 Å². The molecule has 0 saturated heterocycles. The van der Waals surface area contributed by atoms with Crippen molar-refractivity contribution in [2.45, 2.75) is 51.1 Å². The predicted octanol–water partition coefficient (Wildman–Crippen LogP) is 2.44. The first-order valence-electron chi connectivity index (χ1n) is 7.13. The van der Waals surface area contributed by atoms with Crippen molar-refractivity contribution in [3.05, 3.63) is 24.0 Å². The second kappa shape index (κ2) is 6.53. The first-order chi connectivity index (χ1) is 9.24. The van der Waals surface area contributed by atoms with Crippen molar-refractivity contribution in [2.24, 2.45) is 5.73 Å². The molecule has 1 aromatic rings. The van der Waals surface area contributed by atoms with Crippen LogP contribution in [0.1, 0.15) is 44.7 Å². The fourth-order valence-electron chi connectivity index (χ4n) is 2.84. The van der Waals surface area contributed by atoms with Crippen LogP contribution in [0.25, 0.3) is 0 Å². The van der Waals surface area contributed by atoms with Crippen LogP contribution in [-0.4, -0.2) is 23.6 Å². The van der Waals surface area contributed by atoms with Gasteiger partial charge in [-0.2, -0.15) is 5.26 Å². The van der Waals surface area contributed by atoms with Gasteiger partial charge in [0, 0.05) is 30.5 Å². The number of anilines is 1. The van der Waals surface area contributed by atoms with Gasteiger partial charge in [0.2, 0.25) is 0 Å². The molecule has 102 valence electrons. The standard InChI is InChI=1S/C15H22N4/c1-2-9-19(14-5-3-12(17)4-6-14)15-7-8-18-13(10-15)11-16/h7-8,10,12,14H,2-6,9,17H2,1H3. The van der Waals surface area contributed by atoms with Crippen molar-refractivity contribution in [3.8, 4) is 6.07 Å². The van der Waals surface area contributed by atoms with E-state index in [9.17, 15) is 0 Å². The van der Waals surface area contributed by atoms with Crippen LogP contribution in [0.5, 0.6) is 0 Å². The fourth-order valence-corrected chi connectivity index (χ4v) is 2.84. The Labute approximate surface area is 115 Å². The van der Waals surface area contributed by atoms with Crippen LogP contribution in [0, 0.1) is 11.3 Å². The molecule has 0 radical (unpaired) electrons. The molecule has 0 amide bonds. The summed E-state index contributed by atoms with van der Waals surface area (Å²) < 4.78 is 0. The lowest BCUT2D eigenvalue weighted by Crippen LogP contribution is -2.41. The van der Waals surface area contributed by atoms with E-state index in [1.165, 1.54) is 0 Å². The highest BCUT2D eigenvalue weighted by molar-refractivity contribution is 5.49. The number of hydrogen-bond donors (Lipinski definition) is 1. The van der Waals surface area contributed by atoms with E-state index in [0.717, 1.165) is 44.3 Å². The van der Waals surface area contributed by atoms with Gasteiger partial charge in [0.15, 0.2) is 0 Å². The Kier molecular flexibility index (Phi) is 4.75. The molecule has 4 nitrogen and oxygen atoms in total. The summed E-state index contributed by atoms with van der Waals surface area (Å²) >= 11 is 0. The molecule has 0 unspecified atom stereocenters. The molecule has 0 atom stereocenters. The van der Waals surface area contributed by atoms with Crippen LogP contribution >= 0.6 is 0 Å². The zero-order valence-electron chi connectivity index (χ0n) is 11.5. The van der Waals surface area contributed by atoms with Gasteiger partial charge in [-0.3, -0.25) is 0 Å². The lowest BCUT2D eigenvalue weighted by Gasteiger charge is -2.37. The number of hydrogen-bond acceptors (Lipinski definition) is 4. The van der Waals surface area contributed by atoms with Crippen LogP contribution in [0.2, 0.25) is 0 Å². The van der Waals surface area contributed by atoms with Crippen molar-refractivity contribution >= 4 is 5.69 Å². The second-order valence-corrected chi connectivity index (χ2v) is 5.27. The smallest absolute Gasteiger partial charge is 0.142 e. The zero-order chi connectivity index (χ0) is 13.7. The number of rotatable bonds is 4. The molecule has 1 aliphatic carbocycles. The lowest BCUT2D eigenvalue weighted by atomic mass is 9.90. The fraction of sp³-hybridized carbons (Fsp3) is 0.600. The third-order valence-electron chi connectivity index (χ3n) is 3.84. The number of aromatic nitrogens is 1. The van der Waals surface area contributed by atoms with Gasteiger partial charge >= 0.3 is 0 Å². The molecule has 1 aromatic heterocycles. The summed E-state index contributed by atoms with van der Waals surface area (Å²) in [4.78, 5) is 6.47. The monoisotopic (exact) mass is 258 g/mol. The van der Waals surface area contributed by atoms with Gasteiger partial charge < -0.3 is 10.6 Å². The molecule has 1 heterocycles. The van der Waals surface area contributed by atoms with E-state index in [1.54, 1.807) is 6.20 Å². The molecule has 2 N–H and O–H groups in total. The van der Waals surface area contributed by atoms with Crippen LogP contribution < -0.4 is 10.6 Å². The lowest BCUT2D eigenvalue weighted by molar-refractivity contribution is 0.375. The maximum atomic E-state index is 8.97. The van der Waals surface area contributed by atoms with E-state index in [2.05, 4.69) is 22.9 Å². The minimum Gasteiger partial charge on any atom is -0.368 e. The van der Waals surface area contributed by atoms with Crippen molar-refractivity contribution in [1.82, 2.24) is 4.98 Å². The van der Waals surface area contributed by atoms with Crippen molar-refractivity contribution in [3.63, 3.8) is 0 Å². The van der Waals surface area contributed by atoms with Crippen molar-refractivity contribution < 1.29 is 0 Å². The molecule has 1 aliphatic rings. The predicted molar refractivity (Wildman–Crippen MR) is 76.8 cm³/mol. The molecule has 0 aliphatic heterocycles. The van der Waals surface area contributed by atoms with E-state index in [-0.39, 0.29) is 0 Å². The van der Waals surface area contributed by atoms with E-state index < -0.39 is 0 Å². The SMILES string of the molecule is CCCN(c1ccnc(C#N)c1)C1CCC(N)CC1. The summed E-state index contributed by atoms with van der Waals surface area (Å²) in [7, 11) is 0. The van der Waals surface area contributed by atoms with Gasteiger partial charge in [0.25, 0.3) is 0 Å². The number of nitriles is 1. The highest BCUT2D eigenvalue weighted by Crippen LogP contribution is 2.27. The van der Waals surface area contributed by atoms with E-state index in [4.69, 9.17) is 11.0 Å². The highest BCUT2D eigenvalue weighted by Gasteiger charge is 2.24. The molecular formula is C15H22N4. The molecule has 2 rings (SSSR count). The molecule has 4 heteroatoms.